The molecule has 254 valence electrons. The molecule has 0 saturated carbocycles. The number of benzene rings is 9. The van der Waals surface area contributed by atoms with Crippen molar-refractivity contribution in [2.24, 2.45) is 0 Å². The molecule has 55 heavy (non-hydrogen) atoms. The van der Waals surface area contributed by atoms with Gasteiger partial charge in [-0.2, -0.15) is 0 Å². The summed E-state index contributed by atoms with van der Waals surface area (Å²) in [4.78, 5) is 0. The summed E-state index contributed by atoms with van der Waals surface area (Å²) in [5, 5.41) is 7.16. The second-order valence-electron chi connectivity index (χ2n) is 15.2. The maximum atomic E-state index is 6.96. The van der Waals surface area contributed by atoms with Crippen molar-refractivity contribution in [2.75, 3.05) is 0 Å². The molecule has 0 N–H and O–H groups in total. The van der Waals surface area contributed by atoms with Gasteiger partial charge in [-0.15, -0.1) is 0 Å². The topological polar surface area (TPSA) is 18.1 Å². The van der Waals surface area contributed by atoms with Gasteiger partial charge in [-0.25, -0.2) is 0 Å². The van der Waals surface area contributed by atoms with Crippen molar-refractivity contribution in [1.29, 1.82) is 0 Å². The predicted molar refractivity (Wildman–Crippen MR) is 227 cm³/mol. The van der Waals surface area contributed by atoms with Crippen LogP contribution in [0.1, 0.15) is 22.3 Å². The van der Waals surface area contributed by atoms with Crippen LogP contribution in [0.4, 0.5) is 0 Å². The third-order valence-corrected chi connectivity index (χ3v) is 12.6. The van der Waals surface area contributed by atoms with Crippen LogP contribution in [0.2, 0.25) is 0 Å². The SMILES string of the molecule is c1ccc2c(c1)-c1ccccc1C21c2ccccc2-c2cc(-c3cc4c5ccccc5n(-c5ccc6ccccc6c5)c4c4c3oc3ccccc34)ccc21. The number of aromatic nitrogens is 1. The molecule has 2 aromatic heterocycles. The molecule has 11 aromatic rings. The molecule has 0 atom stereocenters. The number of para-hydroxylation sites is 2. The van der Waals surface area contributed by atoms with Crippen molar-refractivity contribution < 1.29 is 4.42 Å². The van der Waals surface area contributed by atoms with Gasteiger partial charge in [-0.3, -0.25) is 0 Å². The maximum Gasteiger partial charge on any atom is 0.145 e. The van der Waals surface area contributed by atoms with E-state index in [1.54, 1.807) is 0 Å². The number of hydrogen-bond acceptors (Lipinski definition) is 1. The average Bonchev–Trinajstić information content (AvgIpc) is 3.97. The van der Waals surface area contributed by atoms with Crippen molar-refractivity contribution in [3.8, 4) is 39.1 Å². The molecule has 0 aliphatic heterocycles. The minimum Gasteiger partial charge on any atom is -0.455 e. The highest BCUT2D eigenvalue weighted by Crippen LogP contribution is 2.63. The molecule has 9 aromatic carbocycles. The Labute approximate surface area is 317 Å². The Morgan fingerprint density at radius 2 is 1.00 bits per heavy atom. The standard InChI is InChI=1S/C53H31NO/c1-2-14-33-29-35(27-25-32(33)13-1)54-48-23-11-6-18-39(48)43-31-41(52-50(51(43)54)40-19-7-12-24-49(40)55-52)34-26-28-47-42(30-34)38-17-5-10-22-46(38)53(47)44-20-8-3-15-36(44)37-16-4-9-21-45(37)53/h1-31H. The van der Waals surface area contributed by atoms with Crippen molar-refractivity contribution in [1.82, 2.24) is 4.57 Å². The van der Waals surface area contributed by atoms with Crippen LogP contribution in [0.3, 0.4) is 0 Å². The Bertz CT molecular complexity index is 3400. The van der Waals surface area contributed by atoms with Gasteiger partial charge < -0.3 is 8.98 Å². The zero-order chi connectivity index (χ0) is 35.8. The smallest absolute Gasteiger partial charge is 0.145 e. The molecule has 2 heterocycles. The highest BCUT2D eigenvalue weighted by molar-refractivity contribution is 6.27. The summed E-state index contributed by atoms with van der Waals surface area (Å²) >= 11 is 0. The molecule has 2 nitrogen and oxygen atoms in total. The minimum absolute atomic E-state index is 0.371. The van der Waals surface area contributed by atoms with E-state index in [0.29, 0.717) is 0 Å². The van der Waals surface area contributed by atoms with Gasteiger partial charge in [0.15, 0.2) is 0 Å². The van der Waals surface area contributed by atoms with Crippen molar-refractivity contribution in [2.45, 2.75) is 5.41 Å². The zero-order valence-electron chi connectivity index (χ0n) is 29.8. The number of nitrogens with zero attached hydrogens (tertiary/aromatic N) is 1. The fourth-order valence-electron chi connectivity index (χ4n) is 10.4. The maximum absolute atomic E-state index is 6.96. The average molecular weight is 698 g/mol. The van der Waals surface area contributed by atoms with Gasteiger partial charge in [0.05, 0.1) is 21.8 Å². The Hall–Kier alpha value is -7.16. The lowest BCUT2D eigenvalue weighted by Crippen LogP contribution is -2.25. The Balaban J connectivity index is 1.13. The fraction of sp³-hybridized carbons (Fsp3) is 0.0189. The number of rotatable bonds is 2. The second-order valence-corrected chi connectivity index (χ2v) is 15.2. The molecule has 13 rings (SSSR count). The van der Waals surface area contributed by atoms with E-state index < -0.39 is 0 Å². The highest BCUT2D eigenvalue weighted by Gasteiger charge is 2.51. The number of fused-ring (bicyclic) bond motifs is 18. The molecular formula is C53H31NO. The molecule has 1 spiro atoms. The molecular weight excluding hydrogens is 667 g/mol. The van der Waals surface area contributed by atoms with Crippen molar-refractivity contribution in [3.05, 3.63) is 210 Å². The molecule has 0 bridgehead atoms. The van der Waals surface area contributed by atoms with Gasteiger partial charge in [0, 0.05) is 27.4 Å². The number of furan rings is 1. The van der Waals surface area contributed by atoms with Crippen molar-refractivity contribution >= 4 is 54.5 Å². The molecule has 2 aliphatic carbocycles. The van der Waals surface area contributed by atoms with E-state index in [2.05, 4.69) is 193 Å². The first kappa shape index (κ1) is 29.3. The third-order valence-electron chi connectivity index (χ3n) is 12.6. The summed E-state index contributed by atoms with van der Waals surface area (Å²) in [5.74, 6) is 0. The summed E-state index contributed by atoms with van der Waals surface area (Å²) in [6.07, 6.45) is 0. The van der Waals surface area contributed by atoms with Crippen LogP contribution in [0.5, 0.6) is 0 Å². The van der Waals surface area contributed by atoms with Crippen LogP contribution in [0, 0.1) is 0 Å². The van der Waals surface area contributed by atoms with Crippen LogP contribution in [0.25, 0.3) is 93.6 Å². The van der Waals surface area contributed by atoms with Crippen LogP contribution in [-0.2, 0) is 5.41 Å². The summed E-state index contributed by atoms with van der Waals surface area (Å²) in [7, 11) is 0. The Morgan fingerprint density at radius 3 is 1.76 bits per heavy atom. The summed E-state index contributed by atoms with van der Waals surface area (Å²) in [5.41, 5.74) is 17.8. The molecule has 0 saturated heterocycles. The van der Waals surface area contributed by atoms with E-state index in [1.165, 1.54) is 77.1 Å². The van der Waals surface area contributed by atoms with Crippen LogP contribution in [-0.4, -0.2) is 4.57 Å². The monoisotopic (exact) mass is 697 g/mol. The van der Waals surface area contributed by atoms with E-state index in [-0.39, 0.29) is 5.41 Å². The normalized spacial score (nSPS) is 13.6. The quantitative estimate of drug-likeness (QED) is 0.176. The first-order valence-corrected chi connectivity index (χ1v) is 19.1. The molecule has 2 aliphatic rings. The fourth-order valence-corrected chi connectivity index (χ4v) is 10.4. The zero-order valence-corrected chi connectivity index (χ0v) is 29.8. The molecule has 0 fully saturated rings. The van der Waals surface area contributed by atoms with Gasteiger partial charge >= 0.3 is 0 Å². The Morgan fingerprint density at radius 1 is 0.400 bits per heavy atom. The van der Waals surface area contributed by atoms with E-state index in [9.17, 15) is 0 Å². The molecule has 0 unspecified atom stereocenters. The predicted octanol–water partition coefficient (Wildman–Crippen LogP) is 13.8. The molecule has 0 radical (unpaired) electrons. The van der Waals surface area contributed by atoms with Crippen LogP contribution < -0.4 is 0 Å². The lowest BCUT2D eigenvalue weighted by Gasteiger charge is -2.30. The van der Waals surface area contributed by atoms with E-state index in [0.717, 1.165) is 38.8 Å². The molecule has 2 heteroatoms. The van der Waals surface area contributed by atoms with E-state index in [1.807, 2.05) is 0 Å². The minimum atomic E-state index is -0.371. The van der Waals surface area contributed by atoms with Gasteiger partial charge in [-0.05, 0) is 97.2 Å². The van der Waals surface area contributed by atoms with Crippen LogP contribution >= 0.6 is 0 Å². The van der Waals surface area contributed by atoms with Crippen LogP contribution in [0.15, 0.2) is 192 Å². The molecule has 0 amide bonds. The lowest BCUT2D eigenvalue weighted by atomic mass is 9.70. The summed E-state index contributed by atoms with van der Waals surface area (Å²) < 4.78 is 9.41. The van der Waals surface area contributed by atoms with Gasteiger partial charge in [0.25, 0.3) is 0 Å². The van der Waals surface area contributed by atoms with Gasteiger partial charge in [0.2, 0.25) is 0 Å². The van der Waals surface area contributed by atoms with Gasteiger partial charge in [-0.1, -0.05) is 152 Å². The highest BCUT2D eigenvalue weighted by atomic mass is 16.3. The first-order valence-electron chi connectivity index (χ1n) is 19.1. The summed E-state index contributed by atoms with van der Waals surface area (Å²) in [6.45, 7) is 0. The van der Waals surface area contributed by atoms with E-state index in [4.69, 9.17) is 4.42 Å². The largest absolute Gasteiger partial charge is 0.455 e. The lowest BCUT2D eigenvalue weighted by molar-refractivity contribution is 0.670. The second kappa shape index (κ2) is 10.5. The third kappa shape index (κ3) is 3.64. The van der Waals surface area contributed by atoms with Gasteiger partial charge in [0.1, 0.15) is 11.2 Å². The summed E-state index contributed by atoms with van der Waals surface area (Å²) in [6, 6.07) is 69.4. The Kier molecular flexibility index (Phi) is 5.59. The van der Waals surface area contributed by atoms with E-state index >= 15 is 0 Å². The van der Waals surface area contributed by atoms with Crippen molar-refractivity contribution in [3.63, 3.8) is 0 Å². The first-order chi connectivity index (χ1) is 27.3. The number of hydrogen-bond donors (Lipinski definition) is 0.